The van der Waals surface area contributed by atoms with E-state index in [0.29, 0.717) is 17.8 Å². The molecule has 1 rings (SSSR count). The van der Waals surface area contributed by atoms with E-state index in [9.17, 15) is 9.59 Å². The van der Waals surface area contributed by atoms with Crippen LogP contribution in [0.1, 0.15) is 24.2 Å². The van der Waals surface area contributed by atoms with Crippen LogP contribution >= 0.6 is 15.9 Å². The molecule has 0 radical (unpaired) electrons. The minimum Gasteiger partial charge on any atom is -0.349 e. The summed E-state index contributed by atoms with van der Waals surface area (Å²) in [6.07, 6.45) is 1.62. The van der Waals surface area contributed by atoms with Crippen LogP contribution in [0.15, 0.2) is 36.9 Å². The van der Waals surface area contributed by atoms with E-state index in [1.54, 1.807) is 30.3 Å². The molecule has 4 nitrogen and oxygen atoms in total. The number of hydrogen-bond acceptors (Lipinski definition) is 2. The molecule has 1 aromatic carbocycles. The Morgan fingerprint density at radius 2 is 1.90 bits per heavy atom. The highest BCUT2D eigenvalue weighted by molar-refractivity contribution is 9.10. The Hall–Kier alpha value is -1.62. The minimum atomic E-state index is -0.238. The molecule has 0 heterocycles. The molecular formula is C15H19BrN2O2. The highest BCUT2D eigenvalue weighted by atomic mass is 79.9. The van der Waals surface area contributed by atoms with Crippen molar-refractivity contribution in [2.45, 2.75) is 18.7 Å². The second kappa shape index (κ2) is 7.85. The van der Waals surface area contributed by atoms with E-state index >= 15 is 0 Å². The molecule has 0 aliphatic heterocycles. The third kappa shape index (κ3) is 4.81. The van der Waals surface area contributed by atoms with Gasteiger partial charge in [-0.2, -0.15) is 0 Å². The quantitative estimate of drug-likeness (QED) is 0.618. The van der Waals surface area contributed by atoms with E-state index in [4.69, 9.17) is 0 Å². The van der Waals surface area contributed by atoms with Crippen LogP contribution in [0.2, 0.25) is 0 Å². The van der Waals surface area contributed by atoms with Gasteiger partial charge in [0, 0.05) is 17.8 Å². The number of halogens is 1. The van der Waals surface area contributed by atoms with Gasteiger partial charge >= 0.3 is 0 Å². The second-order valence-electron chi connectivity index (χ2n) is 4.71. The van der Waals surface area contributed by atoms with Crippen LogP contribution in [0, 0.1) is 5.92 Å². The minimum absolute atomic E-state index is 0.0936. The van der Waals surface area contributed by atoms with E-state index < -0.39 is 0 Å². The lowest BCUT2D eigenvalue weighted by Gasteiger charge is -2.14. The van der Waals surface area contributed by atoms with Gasteiger partial charge in [-0.25, -0.2) is 0 Å². The molecule has 0 aromatic heterocycles. The average Bonchev–Trinajstić information content (AvgIpc) is 2.44. The van der Waals surface area contributed by atoms with E-state index in [1.807, 2.05) is 13.8 Å². The zero-order valence-corrected chi connectivity index (χ0v) is 13.2. The van der Waals surface area contributed by atoms with Crippen molar-refractivity contribution in [3.05, 3.63) is 42.5 Å². The number of hydrogen-bond donors (Lipinski definition) is 2. The number of anilines is 1. The number of benzene rings is 1. The molecule has 2 amide bonds. The molecule has 2 N–H and O–H groups in total. The predicted molar refractivity (Wildman–Crippen MR) is 85.2 cm³/mol. The van der Waals surface area contributed by atoms with Gasteiger partial charge in [0.25, 0.3) is 5.91 Å². The van der Waals surface area contributed by atoms with Gasteiger partial charge in [-0.05, 0) is 30.2 Å². The summed E-state index contributed by atoms with van der Waals surface area (Å²) in [7, 11) is 0. The largest absolute Gasteiger partial charge is 0.349 e. The SMILES string of the molecule is C=CCNC(=O)c1ccc(NC(=O)C(Br)C(C)C)cc1. The van der Waals surface area contributed by atoms with E-state index in [0.717, 1.165) is 0 Å². The first-order valence-corrected chi connectivity index (χ1v) is 7.31. The van der Waals surface area contributed by atoms with Crippen LogP contribution in [0.3, 0.4) is 0 Å². The van der Waals surface area contributed by atoms with Crippen molar-refractivity contribution in [2.24, 2.45) is 5.92 Å². The number of rotatable bonds is 6. The van der Waals surface area contributed by atoms with Gasteiger partial charge in [0.1, 0.15) is 0 Å². The Kier molecular flexibility index (Phi) is 6.45. The lowest BCUT2D eigenvalue weighted by atomic mass is 10.1. The van der Waals surface area contributed by atoms with Gasteiger partial charge in [0.15, 0.2) is 0 Å². The molecule has 108 valence electrons. The molecule has 0 spiro atoms. The molecule has 0 saturated heterocycles. The van der Waals surface area contributed by atoms with Gasteiger partial charge < -0.3 is 10.6 Å². The van der Waals surface area contributed by atoms with Crippen molar-refractivity contribution in [1.29, 1.82) is 0 Å². The van der Waals surface area contributed by atoms with Gasteiger partial charge in [-0.3, -0.25) is 9.59 Å². The molecule has 0 bridgehead atoms. The first-order valence-electron chi connectivity index (χ1n) is 6.39. The fourth-order valence-corrected chi connectivity index (χ4v) is 1.60. The molecular weight excluding hydrogens is 320 g/mol. The van der Waals surface area contributed by atoms with Crippen LogP contribution < -0.4 is 10.6 Å². The summed E-state index contributed by atoms with van der Waals surface area (Å²) in [5, 5.41) is 5.49. The molecule has 1 aromatic rings. The van der Waals surface area contributed by atoms with Crippen molar-refractivity contribution < 1.29 is 9.59 Å². The van der Waals surface area contributed by atoms with Gasteiger partial charge in [-0.15, -0.1) is 6.58 Å². The zero-order valence-electron chi connectivity index (χ0n) is 11.7. The fraction of sp³-hybridized carbons (Fsp3) is 0.333. The Morgan fingerprint density at radius 1 is 1.30 bits per heavy atom. The maximum absolute atomic E-state index is 11.9. The first kappa shape index (κ1) is 16.4. The van der Waals surface area contributed by atoms with Crippen LogP contribution in [0.25, 0.3) is 0 Å². The maximum atomic E-state index is 11.9. The number of carbonyl (C=O) groups is 2. The standard InChI is InChI=1S/C15H19BrN2O2/c1-4-9-17-14(19)11-5-7-12(8-6-11)18-15(20)13(16)10(2)3/h4-8,10,13H,1,9H2,2-3H3,(H,17,19)(H,18,20). The highest BCUT2D eigenvalue weighted by Crippen LogP contribution is 2.16. The first-order chi connectivity index (χ1) is 9.45. The second-order valence-corrected chi connectivity index (χ2v) is 5.70. The maximum Gasteiger partial charge on any atom is 0.251 e. The smallest absolute Gasteiger partial charge is 0.251 e. The van der Waals surface area contributed by atoms with E-state index in [1.165, 1.54) is 0 Å². The molecule has 0 aliphatic carbocycles. The van der Waals surface area contributed by atoms with E-state index in [-0.39, 0.29) is 22.6 Å². The molecule has 0 aliphatic rings. The van der Waals surface area contributed by atoms with Crippen LogP contribution in [0.4, 0.5) is 5.69 Å². The van der Waals surface area contributed by atoms with Crippen molar-refractivity contribution in [2.75, 3.05) is 11.9 Å². The highest BCUT2D eigenvalue weighted by Gasteiger charge is 2.18. The van der Waals surface area contributed by atoms with Crippen LogP contribution in [-0.2, 0) is 4.79 Å². The Morgan fingerprint density at radius 3 is 2.40 bits per heavy atom. The lowest BCUT2D eigenvalue weighted by Crippen LogP contribution is -2.27. The predicted octanol–water partition coefficient (Wildman–Crippen LogP) is 2.96. The fourth-order valence-electron chi connectivity index (χ4n) is 1.49. The molecule has 1 atom stereocenters. The van der Waals surface area contributed by atoms with Gasteiger partial charge in [0.2, 0.25) is 5.91 Å². The average molecular weight is 339 g/mol. The van der Waals surface area contributed by atoms with Gasteiger partial charge in [-0.1, -0.05) is 35.9 Å². The van der Waals surface area contributed by atoms with Crippen molar-refractivity contribution in [3.63, 3.8) is 0 Å². The Labute approximate surface area is 127 Å². The van der Waals surface area contributed by atoms with Crippen molar-refractivity contribution in [1.82, 2.24) is 5.32 Å². The summed E-state index contributed by atoms with van der Waals surface area (Å²) in [5.74, 6) is -0.0499. The van der Waals surface area contributed by atoms with Crippen molar-refractivity contribution in [3.8, 4) is 0 Å². The number of amides is 2. The molecule has 1 unspecified atom stereocenters. The zero-order chi connectivity index (χ0) is 15.1. The molecule has 0 saturated carbocycles. The lowest BCUT2D eigenvalue weighted by molar-refractivity contribution is -0.116. The summed E-state index contributed by atoms with van der Waals surface area (Å²) in [5.41, 5.74) is 1.21. The summed E-state index contributed by atoms with van der Waals surface area (Å²) in [6, 6.07) is 6.76. The van der Waals surface area contributed by atoms with Crippen LogP contribution in [-0.4, -0.2) is 23.2 Å². The molecule has 20 heavy (non-hydrogen) atoms. The van der Waals surface area contributed by atoms with Crippen molar-refractivity contribution >= 4 is 33.4 Å². The normalized spacial score (nSPS) is 11.8. The summed E-state index contributed by atoms with van der Waals surface area (Å²) >= 11 is 3.35. The molecule has 5 heteroatoms. The summed E-state index contributed by atoms with van der Waals surface area (Å²) in [6.45, 7) is 7.89. The van der Waals surface area contributed by atoms with Gasteiger partial charge in [0.05, 0.1) is 4.83 Å². The third-order valence-corrected chi connectivity index (χ3v) is 4.13. The van der Waals surface area contributed by atoms with E-state index in [2.05, 4.69) is 33.1 Å². The Bertz CT molecular complexity index is 483. The summed E-state index contributed by atoms with van der Waals surface area (Å²) in [4.78, 5) is 23.3. The number of carbonyl (C=O) groups excluding carboxylic acids is 2. The number of alkyl halides is 1. The third-order valence-electron chi connectivity index (χ3n) is 2.66. The monoisotopic (exact) mass is 338 g/mol. The number of nitrogens with one attached hydrogen (secondary N) is 2. The topological polar surface area (TPSA) is 58.2 Å². The van der Waals surface area contributed by atoms with Crippen LogP contribution in [0.5, 0.6) is 0 Å². The molecule has 0 fully saturated rings. The Balaban J connectivity index is 2.65. The summed E-state index contributed by atoms with van der Waals surface area (Å²) < 4.78 is 0.